The number of ketones is 1. The van der Waals surface area contributed by atoms with Crippen LogP contribution in [0.4, 0.5) is 0 Å². The number of esters is 1. The third kappa shape index (κ3) is 4.41. The molecule has 0 radical (unpaired) electrons. The maximum atomic E-state index is 11.8. The Labute approximate surface area is 110 Å². The summed E-state index contributed by atoms with van der Waals surface area (Å²) in [5, 5.41) is 0. The van der Waals surface area contributed by atoms with E-state index < -0.39 is 5.97 Å². The van der Waals surface area contributed by atoms with Gasteiger partial charge >= 0.3 is 5.97 Å². The molecule has 1 aliphatic heterocycles. The fourth-order valence-electron chi connectivity index (χ4n) is 2.70. The van der Waals surface area contributed by atoms with E-state index in [0.29, 0.717) is 31.0 Å². The van der Waals surface area contributed by atoms with E-state index in [9.17, 15) is 9.59 Å². The van der Waals surface area contributed by atoms with Gasteiger partial charge in [-0.1, -0.05) is 13.8 Å². The van der Waals surface area contributed by atoms with E-state index in [-0.39, 0.29) is 12.2 Å². The molecule has 0 aromatic carbocycles. The van der Waals surface area contributed by atoms with E-state index in [2.05, 4.69) is 25.7 Å². The maximum absolute atomic E-state index is 11.8. The largest absolute Gasteiger partial charge is 0.466 e. The molecule has 1 fully saturated rings. The van der Waals surface area contributed by atoms with Crippen molar-refractivity contribution in [3.8, 4) is 0 Å². The minimum absolute atomic E-state index is 0.0402. The molecule has 1 aliphatic rings. The van der Waals surface area contributed by atoms with Crippen LogP contribution < -0.4 is 0 Å². The van der Waals surface area contributed by atoms with Gasteiger partial charge in [-0.05, 0) is 32.1 Å². The van der Waals surface area contributed by atoms with Gasteiger partial charge in [0.25, 0.3) is 0 Å². The zero-order valence-electron chi connectivity index (χ0n) is 11.9. The van der Waals surface area contributed by atoms with Crippen LogP contribution >= 0.6 is 0 Å². The number of hydrogen-bond acceptors (Lipinski definition) is 4. The zero-order valence-corrected chi connectivity index (χ0v) is 11.9. The Morgan fingerprint density at radius 1 is 1.28 bits per heavy atom. The molecule has 4 nitrogen and oxygen atoms in total. The van der Waals surface area contributed by atoms with Crippen molar-refractivity contribution in [3.05, 3.63) is 0 Å². The molecular weight excluding hydrogens is 230 g/mol. The highest BCUT2D eigenvalue weighted by Crippen LogP contribution is 2.26. The smallest absolute Gasteiger partial charge is 0.313 e. The molecule has 0 aromatic heterocycles. The Hall–Kier alpha value is -0.900. The second-order valence-corrected chi connectivity index (χ2v) is 5.51. The molecule has 1 saturated heterocycles. The summed E-state index contributed by atoms with van der Waals surface area (Å²) in [7, 11) is 0. The molecule has 18 heavy (non-hydrogen) atoms. The zero-order chi connectivity index (χ0) is 13.7. The molecule has 0 spiro atoms. The Morgan fingerprint density at radius 2 is 1.94 bits per heavy atom. The van der Waals surface area contributed by atoms with E-state index in [0.717, 1.165) is 6.54 Å². The van der Waals surface area contributed by atoms with Crippen molar-refractivity contribution in [2.75, 3.05) is 19.7 Å². The number of Topliss-reactive ketones (excluding diaryl/α,β-unsaturated/α-hetero) is 1. The molecule has 0 amide bonds. The minimum Gasteiger partial charge on any atom is -0.466 e. The molecule has 3 atom stereocenters. The molecular formula is C14H25NO3. The number of carbonyl (C=O) groups excluding carboxylic acids is 2. The SMILES string of the molecule is CCOC(=O)CC(=O)CN1CC(C)CC(C)C1C. The van der Waals surface area contributed by atoms with Gasteiger partial charge < -0.3 is 4.74 Å². The van der Waals surface area contributed by atoms with Crippen molar-refractivity contribution in [1.29, 1.82) is 0 Å². The Morgan fingerprint density at radius 3 is 2.56 bits per heavy atom. The van der Waals surface area contributed by atoms with Crippen LogP contribution in [0.25, 0.3) is 0 Å². The first-order valence-electron chi connectivity index (χ1n) is 6.85. The van der Waals surface area contributed by atoms with Crippen molar-refractivity contribution in [1.82, 2.24) is 4.90 Å². The first kappa shape index (κ1) is 15.2. The van der Waals surface area contributed by atoms with E-state index in [4.69, 9.17) is 4.74 Å². The highest BCUT2D eigenvalue weighted by Gasteiger charge is 2.30. The summed E-state index contributed by atoms with van der Waals surface area (Å²) < 4.78 is 4.79. The Bertz CT molecular complexity index is 303. The lowest BCUT2D eigenvalue weighted by atomic mass is 9.86. The number of carbonyl (C=O) groups is 2. The molecule has 0 bridgehead atoms. The predicted molar refractivity (Wildman–Crippen MR) is 70.2 cm³/mol. The Kier molecular flexibility index (Phi) is 5.79. The molecule has 104 valence electrons. The second-order valence-electron chi connectivity index (χ2n) is 5.51. The van der Waals surface area contributed by atoms with Crippen LogP contribution in [-0.4, -0.2) is 42.4 Å². The number of nitrogens with zero attached hydrogens (tertiary/aromatic N) is 1. The van der Waals surface area contributed by atoms with E-state index in [1.165, 1.54) is 6.42 Å². The molecule has 0 saturated carbocycles. The average Bonchev–Trinajstić information content (AvgIpc) is 2.25. The molecule has 0 aromatic rings. The molecule has 4 heteroatoms. The van der Waals surface area contributed by atoms with Gasteiger partial charge in [-0.25, -0.2) is 0 Å². The van der Waals surface area contributed by atoms with Crippen molar-refractivity contribution in [2.24, 2.45) is 11.8 Å². The van der Waals surface area contributed by atoms with Gasteiger partial charge in [0, 0.05) is 12.6 Å². The van der Waals surface area contributed by atoms with Crippen LogP contribution in [0.1, 0.15) is 40.5 Å². The third-order valence-electron chi connectivity index (χ3n) is 3.75. The van der Waals surface area contributed by atoms with Crippen molar-refractivity contribution in [2.45, 2.75) is 46.6 Å². The monoisotopic (exact) mass is 255 g/mol. The fourth-order valence-corrected chi connectivity index (χ4v) is 2.70. The van der Waals surface area contributed by atoms with Gasteiger partial charge in [0.05, 0.1) is 13.2 Å². The number of hydrogen-bond donors (Lipinski definition) is 0. The number of ether oxygens (including phenoxy) is 1. The summed E-state index contributed by atoms with van der Waals surface area (Å²) in [5.74, 6) is 0.769. The minimum atomic E-state index is -0.409. The van der Waals surface area contributed by atoms with Gasteiger partial charge in [-0.2, -0.15) is 0 Å². The summed E-state index contributed by atoms with van der Waals surface area (Å²) >= 11 is 0. The summed E-state index contributed by atoms with van der Waals surface area (Å²) in [6.07, 6.45) is 1.11. The number of rotatable bonds is 5. The van der Waals surface area contributed by atoms with Gasteiger partial charge in [0.1, 0.15) is 6.42 Å². The standard InChI is InChI=1S/C14H25NO3/c1-5-18-14(17)7-13(16)9-15-8-10(2)6-11(3)12(15)4/h10-12H,5-9H2,1-4H3. The summed E-state index contributed by atoms with van der Waals surface area (Å²) in [6.45, 7) is 10.00. The highest BCUT2D eigenvalue weighted by molar-refractivity contribution is 5.96. The van der Waals surface area contributed by atoms with Gasteiger partial charge in [0.15, 0.2) is 5.78 Å². The van der Waals surface area contributed by atoms with Gasteiger partial charge in [-0.15, -0.1) is 0 Å². The van der Waals surface area contributed by atoms with Crippen molar-refractivity contribution < 1.29 is 14.3 Å². The van der Waals surface area contributed by atoms with E-state index in [1.807, 2.05) is 0 Å². The number of piperidine rings is 1. The van der Waals surface area contributed by atoms with Crippen LogP contribution in [0, 0.1) is 11.8 Å². The second kappa shape index (κ2) is 6.88. The van der Waals surface area contributed by atoms with E-state index in [1.54, 1.807) is 6.92 Å². The molecule has 3 unspecified atom stereocenters. The molecule has 1 heterocycles. The summed E-state index contributed by atoms with van der Waals surface area (Å²) in [6, 6.07) is 0.410. The van der Waals surface area contributed by atoms with E-state index >= 15 is 0 Å². The van der Waals surface area contributed by atoms with Crippen LogP contribution in [-0.2, 0) is 14.3 Å². The maximum Gasteiger partial charge on any atom is 0.313 e. The fraction of sp³-hybridized carbons (Fsp3) is 0.857. The third-order valence-corrected chi connectivity index (χ3v) is 3.75. The molecule has 1 rings (SSSR count). The van der Waals surface area contributed by atoms with Gasteiger partial charge in [0.2, 0.25) is 0 Å². The normalized spacial score (nSPS) is 29.0. The molecule has 0 N–H and O–H groups in total. The van der Waals surface area contributed by atoms with Gasteiger partial charge in [-0.3, -0.25) is 14.5 Å². The average molecular weight is 255 g/mol. The summed E-state index contributed by atoms with van der Waals surface area (Å²) in [4.78, 5) is 25.3. The van der Waals surface area contributed by atoms with Crippen molar-refractivity contribution in [3.63, 3.8) is 0 Å². The topological polar surface area (TPSA) is 46.6 Å². The van der Waals surface area contributed by atoms with Crippen LogP contribution in [0.15, 0.2) is 0 Å². The molecule has 0 aliphatic carbocycles. The van der Waals surface area contributed by atoms with Crippen LogP contribution in [0.3, 0.4) is 0 Å². The lowest BCUT2D eigenvalue weighted by Crippen LogP contribution is -2.48. The Balaban J connectivity index is 2.45. The quantitative estimate of drug-likeness (QED) is 0.556. The first-order valence-corrected chi connectivity index (χ1v) is 6.85. The summed E-state index contributed by atoms with van der Waals surface area (Å²) in [5.41, 5.74) is 0. The first-order chi connectivity index (χ1) is 8.43. The van der Waals surface area contributed by atoms with Crippen LogP contribution in [0.5, 0.6) is 0 Å². The van der Waals surface area contributed by atoms with Crippen molar-refractivity contribution >= 4 is 11.8 Å². The van der Waals surface area contributed by atoms with Crippen LogP contribution in [0.2, 0.25) is 0 Å². The lowest BCUT2D eigenvalue weighted by molar-refractivity contribution is -0.146. The highest BCUT2D eigenvalue weighted by atomic mass is 16.5. The predicted octanol–water partition coefficient (Wildman–Crippen LogP) is 1.88. The lowest BCUT2D eigenvalue weighted by Gasteiger charge is -2.40. The number of likely N-dealkylation sites (tertiary alicyclic amines) is 1.